The molecule has 0 fully saturated rings. The molecular formula is C16H16N2O7S. The van der Waals surface area contributed by atoms with Crippen LogP contribution in [0.2, 0.25) is 0 Å². The lowest BCUT2D eigenvalue weighted by Gasteiger charge is -2.06. The minimum atomic E-state index is -1.17. The molecule has 2 rings (SSSR count). The number of benzene rings is 1. The third-order valence-electron chi connectivity index (χ3n) is 3.27. The van der Waals surface area contributed by atoms with Gasteiger partial charge in [-0.15, -0.1) is 11.8 Å². The second-order valence-electron chi connectivity index (χ2n) is 5.10. The molecule has 2 N–H and O–H groups in total. The summed E-state index contributed by atoms with van der Waals surface area (Å²) in [5, 5.41) is 22.4. The van der Waals surface area contributed by atoms with E-state index in [1.165, 1.54) is 43.1 Å². The lowest BCUT2D eigenvalue weighted by molar-refractivity contribution is -0.385. The molecule has 0 radical (unpaired) electrons. The van der Waals surface area contributed by atoms with Crippen molar-refractivity contribution >= 4 is 29.3 Å². The zero-order valence-electron chi connectivity index (χ0n) is 13.8. The van der Waals surface area contributed by atoms with Crippen molar-refractivity contribution in [1.29, 1.82) is 0 Å². The van der Waals surface area contributed by atoms with Crippen molar-refractivity contribution in [3.63, 3.8) is 0 Å². The molecule has 10 heteroatoms. The van der Waals surface area contributed by atoms with Crippen LogP contribution < -0.4 is 10.1 Å². The van der Waals surface area contributed by atoms with Gasteiger partial charge in [0.1, 0.15) is 5.76 Å². The van der Waals surface area contributed by atoms with Gasteiger partial charge in [-0.25, -0.2) is 4.79 Å². The van der Waals surface area contributed by atoms with Crippen molar-refractivity contribution in [3.8, 4) is 5.75 Å². The van der Waals surface area contributed by atoms with Crippen LogP contribution in [-0.2, 0) is 17.1 Å². The summed E-state index contributed by atoms with van der Waals surface area (Å²) in [6.45, 7) is 0.0840. The number of rotatable bonds is 9. The second-order valence-corrected chi connectivity index (χ2v) is 6.09. The number of carboxylic acids is 1. The maximum atomic E-state index is 11.8. The molecule has 1 heterocycles. The quantitative estimate of drug-likeness (QED) is 0.501. The van der Waals surface area contributed by atoms with Gasteiger partial charge in [-0.2, -0.15) is 0 Å². The molecule has 1 aromatic carbocycles. The molecule has 9 nitrogen and oxygen atoms in total. The smallest absolute Gasteiger partial charge is 0.371 e. The predicted octanol–water partition coefficient (Wildman–Crippen LogP) is 2.44. The summed E-state index contributed by atoms with van der Waals surface area (Å²) < 4.78 is 9.97. The van der Waals surface area contributed by atoms with E-state index in [1.54, 1.807) is 6.07 Å². The number of hydrogen-bond donors (Lipinski definition) is 2. The molecule has 1 amide bonds. The Morgan fingerprint density at radius 2 is 2.12 bits per heavy atom. The first kappa shape index (κ1) is 19.3. The normalized spacial score (nSPS) is 10.3. The molecule has 26 heavy (non-hydrogen) atoms. The van der Waals surface area contributed by atoms with E-state index in [1.807, 2.05) is 0 Å². The lowest BCUT2D eigenvalue weighted by atomic mass is 10.2. The number of nitrogens with one attached hydrogen (secondary N) is 1. The van der Waals surface area contributed by atoms with Gasteiger partial charge in [-0.1, -0.05) is 6.07 Å². The van der Waals surface area contributed by atoms with Crippen LogP contribution in [0.25, 0.3) is 0 Å². The number of carbonyl (C=O) groups excluding carboxylic acids is 1. The fourth-order valence-corrected chi connectivity index (χ4v) is 2.86. The maximum Gasteiger partial charge on any atom is 0.371 e. The Kier molecular flexibility index (Phi) is 6.61. The van der Waals surface area contributed by atoms with Gasteiger partial charge in [-0.05, 0) is 23.8 Å². The van der Waals surface area contributed by atoms with Crippen LogP contribution in [0.1, 0.15) is 21.9 Å². The summed E-state index contributed by atoms with van der Waals surface area (Å²) in [7, 11) is 1.36. The average Bonchev–Trinajstić information content (AvgIpc) is 3.09. The Balaban J connectivity index is 1.80. The predicted molar refractivity (Wildman–Crippen MR) is 93.3 cm³/mol. The molecule has 1 aromatic heterocycles. The number of carboxylic acid groups (broad SMARTS) is 1. The Bertz CT molecular complexity index is 819. The summed E-state index contributed by atoms with van der Waals surface area (Å²) >= 11 is 1.29. The number of aromatic carboxylic acids is 1. The van der Waals surface area contributed by atoms with Crippen LogP contribution in [0.4, 0.5) is 5.69 Å². The average molecular weight is 380 g/mol. The fraction of sp³-hybridized carbons (Fsp3) is 0.250. The molecule has 0 bridgehead atoms. The van der Waals surface area contributed by atoms with E-state index in [0.717, 1.165) is 0 Å². The fourth-order valence-electron chi connectivity index (χ4n) is 2.05. The Morgan fingerprint density at radius 3 is 2.73 bits per heavy atom. The monoisotopic (exact) mass is 380 g/mol. The number of furan rings is 1. The third-order valence-corrected chi connectivity index (χ3v) is 4.28. The zero-order valence-corrected chi connectivity index (χ0v) is 14.6. The molecule has 0 atom stereocenters. The van der Waals surface area contributed by atoms with Crippen molar-refractivity contribution in [2.24, 2.45) is 0 Å². The standard InChI is InChI=1S/C16H16N2O7S/c1-24-13-4-2-10(6-12(13)18(22)23)8-26-9-15(19)17-7-11-3-5-14(25-11)16(20)21/h2-6H,7-9H2,1H3,(H,17,19)(H,20,21). The van der Waals surface area contributed by atoms with E-state index < -0.39 is 10.9 Å². The zero-order chi connectivity index (χ0) is 19.1. The first-order valence-corrected chi connectivity index (χ1v) is 8.54. The molecule has 0 aliphatic rings. The minimum Gasteiger partial charge on any atom is -0.490 e. The molecule has 0 saturated carbocycles. The van der Waals surface area contributed by atoms with Crippen molar-refractivity contribution in [2.45, 2.75) is 12.3 Å². The van der Waals surface area contributed by atoms with Crippen molar-refractivity contribution in [1.82, 2.24) is 5.32 Å². The highest BCUT2D eigenvalue weighted by Crippen LogP contribution is 2.28. The number of nitro benzene ring substituents is 1. The van der Waals surface area contributed by atoms with E-state index >= 15 is 0 Å². The highest BCUT2D eigenvalue weighted by molar-refractivity contribution is 7.99. The minimum absolute atomic E-state index is 0.0840. The Hall–Kier alpha value is -3.01. The van der Waals surface area contributed by atoms with Gasteiger partial charge < -0.3 is 19.6 Å². The lowest BCUT2D eigenvalue weighted by Crippen LogP contribution is -2.24. The molecule has 0 aliphatic carbocycles. The first-order chi connectivity index (χ1) is 12.4. The van der Waals surface area contributed by atoms with Crippen LogP contribution in [0.5, 0.6) is 5.75 Å². The molecule has 138 valence electrons. The molecule has 0 unspecified atom stereocenters. The van der Waals surface area contributed by atoms with Crippen LogP contribution in [0.3, 0.4) is 0 Å². The molecule has 0 aliphatic heterocycles. The van der Waals surface area contributed by atoms with Gasteiger partial charge in [0.25, 0.3) is 0 Å². The van der Waals surface area contributed by atoms with Crippen molar-refractivity contribution in [2.75, 3.05) is 12.9 Å². The molecule has 0 spiro atoms. The van der Waals surface area contributed by atoms with Crippen LogP contribution in [0.15, 0.2) is 34.7 Å². The first-order valence-electron chi connectivity index (χ1n) is 7.38. The number of carbonyl (C=O) groups is 2. The number of nitro groups is 1. The van der Waals surface area contributed by atoms with E-state index in [9.17, 15) is 19.7 Å². The molecule has 2 aromatic rings. The summed E-state index contributed by atoms with van der Waals surface area (Å²) in [6, 6.07) is 7.43. The Morgan fingerprint density at radius 1 is 1.35 bits per heavy atom. The van der Waals surface area contributed by atoms with E-state index in [-0.39, 0.29) is 35.4 Å². The number of ether oxygens (including phenoxy) is 1. The summed E-state index contributed by atoms with van der Waals surface area (Å²) in [5.41, 5.74) is 0.578. The van der Waals surface area contributed by atoms with Gasteiger partial charge in [0.2, 0.25) is 11.7 Å². The van der Waals surface area contributed by atoms with Crippen LogP contribution >= 0.6 is 11.8 Å². The Labute approximate surface area is 152 Å². The van der Waals surface area contributed by atoms with Gasteiger partial charge in [0.05, 0.1) is 24.3 Å². The molecular weight excluding hydrogens is 364 g/mol. The van der Waals surface area contributed by atoms with Crippen LogP contribution in [-0.4, -0.2) is 34.8 Å². The van der Waals surface area contributed by atoms with Crippen molar-refractivity contribution < 1.29 is 28.8 Å². The summed E-state index contributed by atoms with van der Waals surface area (Å²) in [6.07, 6.45) is 0. The number of nitrogens with zero attached hydrogens (tertiary/aromatic N) is 1. The third kappa shape index (κ3) is 5.24. The highest BCUT2D eigenvalue weighted by atomic mass is 32.2. The SMILES string of the molecule is COc1ccc(CSCC(=O)NCc2ccc(C(=O)O)o2)cc1[N+](=O)[O-]. The van der Waals surface area contributed by atoms with Gasteiger partial charge >= 0.3 is 11.7 Å². The van der Waals surface area contributed by atoms with E-state index in [0.29, 0.717) is 17.1 Å². The van der Waals surface area contributed by atoms with Gasteiger partial charge in [0, 0.05) is 11.8 Å². The maximum absolute atomic E-state index is 11.8. The van der Waals surface area contributed by atoms with Crippen LogP contribution in [0, 0.1) is 10.1 Å². The highest BCUT2D eigenvalue weighted by Gasteiger charge is 2.15. The van der Waals surface area contributed by atoms with Crippen molar-refractivity contribution in [3.05, 3.63) is 57.5 Å². The summed E-state index contributed by atoms with van der Waals surface area (Å²) in [4.78, 5) is 33.0. The number of methoxy groups -OCH3 is 1. The van der Waals surface area contributed by atoms with E-state index in [2.05, 4.69) is 5.32 Å². The van der Waals surface area contributed by atoms with E-state index in [4.69, 9.17) is 14.3 Å². The number of thioether (sulfide) groups is 1. The molecule has 0 saturated heterocycles. The second kappa shape index (κ2) is 8.90. The summed E-state index contributed by atoms with van der Waals surface area (Å²) in [5.74, 6) is -0.538. The topological polar surface area (TPSA) is 132 Å². The number of amides is 1. The number of hydrogen-bond acceptors (Lipinski definition) is 7. The largest absolute Gasteiger partial charge is 0.490 e. The van der Waals surface area contributed by atoms with Gasteiger partial charge in [0.15, 0.2) is 5.75 Å². The van der Waals surface area contributed by atoms with Gasteiger partial charge in [-0.3, -0.25) is 14.9 Å².